The molecule has 0 aliphatic heterocycles. The van der Waals surface area contributed by atoms with Gasteiger partial charge in [-0.25, -0.2) is 0 Å². The van der Waals surface area contributed by atoms with Gasteiger partial charge in [-0.05, 0) is 43.4 Å². The van der Waals surface area contributed by atoms with E-state index in [0.717, 1.165) is 29.0 Å². The maximum absolute atomic E-state index is 6.23. The average molecular weight is 292 g/mol. The van der Waals surface area contributed by atoms with E-state index in [1.54, 1.807) is 0 Å². The Labute approximate surface area is 125 Å². The molecule has 2 nitrogen and oxygen atoms in total. The summed E-state index contributed by atoms with van der Waals surface area (Å²) in [6.45, 7) is 3.08. The van der Waals surface area contributed by atoms with Crippen LogP contribution in [-0.4, -0.2) is 6.04 Å². The van der Waals surface area contributed by atoms with Gasteiger partial charge in [-0.1, -0.05) is 37.5 Å². The normalized spacial score (nSPS) is 18.5. The Hall–Kier alpha value is -0.990. The first-order valence-corrected chi connectivity index (χ1v) is 8.03. The second-order valence-electron chi connectivity index (χ2n) is 5.92. The molecule has 1 fully saturated rings. The first-order chi connectivity index (χ1) is 9.75. The second-order valence-corrected chi connectivity index (χ2v) is 6.26. The fourth-order valence-corrected chi connectivity index (χ4v) is 3.55. The van der Waals surface area contributed by atoms with E-state index in [1.807, 2.05) is 18.2 Å². The highest BCUT2D eigenvalue weighted by molar-refractivity contribution is 6.30. The number of hydrogen-bond acceptors (Lipinski definition) is 2. The minimum Gasteiger partial charge on any atom is -0.444 e. The Morgan fingerprint density at radius 3 is 2.80 bits per heavy atom. The number of nitrogens with one attached hydrogen (secondary N) is 1. The van der Waals surface area contributed by atoms with E-state index >= 15 is 0 Å². The van der Waals surface area contributed by atoms with Gasteiger partial charge in [-0.2, -0.15) is 0 Å². The van der Waals surface area contributed by atoms with E-state index in [9.17, 15) is 0 Å². The van der Waals surface area contributed by atoms with Crippen LogP contribution in [0, 0.1) is 5.92 Å². The molecule has 1 aliphatic carbocycles. The third-order valence-electron chi connectivity index (χ3n) is 4.61. The lowest BCUT2D eigenvalue weighted by molar-refractivity contribution is 0.280. The van der Waals surface area contributed by atoms with E-state index in [4.69, 9.17) is 16.0 Å². The molecule has 1 aliphatic rings. The summed E-state index contributed by atoms with van der Waals surface area (Å²) in [6.07, 6.45) is 6.88. The van der Waals surface area contributed by atoms with Crippen LogP contribution in [0.5, 0.6) is 0 Å². The predicted molar refractivity (Wildman–Crippen MR) is 84.1 cm³/mol. The first-order valence-electron chi connectivity index (χ1n) is 7.65. The molecule has 2 aromatic rings. The van der Waals surface area contributed by atoms with Gasteiger partial charge in [0.2, 0.25) is 0 Å². The zero-order valence-corrected chi connectivity index (χ0v) is 12.7. The van der Waals surface area contributed by atoms with Gasteiger partial charge >= 0.3 is 0 Å². The van der Waals surface area contributed by atoms with Gasteiger partial charge in [-0.3, -0.25) is 0 Å². The highest BCUT2D eigenvalue weighted by atomic mass is 35.5. The molecule has 108 valence electrons. The van der Waals surface area contributed by atoms with Gasteiger partial charge in [0.25, 0.3) is 0 Å². The molecule has 20 heavy (non-hydrogen) atoms. The Bertz CT molecular complexity index is 571. The summed E-state index contributed by atoms with van der Waals surface area (Å²) in [5, 5.41) is 5.29. The van der Waals surface area contributed by atoms with Crippen LogP contribution in [0.15, 0.2) is 28.7 Å². The third kappa shape index (κ3) is 2.87. The molecular formula is C17H22ClNO. The fourth-order valence-electron chi connectivity index (χ4n) is 3.30. The molecule has 1 saturated carbocycles. The zero-order chi connectivity index (χ0) is 13.9. The standard InChI is InChI=1S/C17H22ClNO/c1-12(13-7-3-2-4-8-13)19-11-15-14-9-5-6-10-16(14)20-17(15)18/h5-6,9-10,12-13,19H,2-4,7-8,11H2,1H3/t12-/m1/s1. The fraction of sp³-hybridized carbons (Fsp3) is 0.529. The van der Waals surface area contributed by atoms with Crippen LogP contribution in [-0.2, 0) is 6.54 Å². The Balaban J connectivity index is 1.68. The van der Waals surface area contributed by atoms with Gasteiger partial charge in [0, 0.05) is 23.5 Å². The van der Waals surface area contributed by atoms with Gasteiger partial charge < -0.3 is 9.73 Å². The maximum atomic E-state index is 6.23. The predicted octanol–water partition coefficient (Wildman–Crippen LogP) is 5.14. The SMILES string of the molecule is C[C@@H](NCc1c(Cl)oc2ccccc12)C1CCCCC1. The molecule has 1 aromatic heterocycles. The van der Waals surface area contributed by atoms with Gasteiger partial charge in [0.1, 0.15) is 5.58 Å². The van der Waals surface area contributed by atoms with Gasteiger partial charge in [-0.15, -0.1) is 0 Å². The summed E-state index contributed by atoms with van der Waals surface area (Å²) in [5.74, 6) is 0.806. The van der Waals surface area contributed by atoms with Crippen molar-refractivity contribution in [3.8, 4) is 0 Å². The van der Waals surface area contributed by atoms with Crippen molar-refractivity contribution in [1.29, 1.82) is 0 Å². The van der Waals surface area contributed by atoms with Gasteiger partial charge in [0.05, 0.1) is 0 Å². The van der Waals surface area contributed by atoms with Crippen molar-refractivity contribution < 1.29 is 4.42 Å². The van der Waals surface area contributed by atoms with Crippen LogP contribution in [0.25, 0.3) is 11.0 Å². The van der Waals surface area contributed by atoms with Crippen molar-refractivity contribution in [3.05, 3.63) is 35.0 Å². The van der Waals surface area contributed by atoms with Crippen molar-refractivity contribution in [1.82, 2.24) is 5.32 Å². The molecule has 0 bridgehead atoms. The molecule has 3 rings (SSSR count). The largest absolute Gasteiger partial charge is 0.444 e. The van der Waals surface area contributed by atoms with Crippen molar-refractivity contribution in [3.63, 3.8) is 0 Å². The highest BCUT2D eigenvalue weighted by Gasteiger charge is 2.20. The topological polar surface area (TPSA) is 25.2 Å². The summed E-state index contributed by atoms with van der Waals surface area (Å²) in [7, 11) is 0. The molecular weight excluding hydrogens is 270 g/mol. The van der Waals surface area contributed by atoms with E-state index in [-0.39, 0.29) is 0 Å². The monoisotopic (exact) mass is 291 g/mol. The summed E-state index contributed by atoms with van der Waals surface area (Å²) < 4.78 is 5.60. The van der Waals surface area contributed by atoms with Crippen LogP contribution >= 0.6 is 11.6 Å². The summed E-state index contributed by atoms with van der Waals surface area (Å²) in [5.41, 5.74) is 1.96. The van der Waals surface area contributed by atoms with Gasteiger partial charge in [0.15, 0.2) is 5.22 Å². The number of fused-ring (bicyclic) bond motifs is 1. The third-order valence-corrected chi connectivity index (χ3v) is 4.91. The molecule has 0 spiro atoms. The van der Waals surface area contributed by atoms with E-state index in [1.165, 1.54) is 32.1 Å². The molecule has 3 heteroatoms. The Kier molecular flexibility index (Phi) is 4.32. The van der Waals surface area contributed by atoms with Crippen LogP contribution in [0.1, 0.15) is 44.6 Å². The van der Waals surface area contributed by atoms with Crippen molar-refractivity contribution in [2.75, 3.05) is 0 Å². The van der Waals surface area contributed by atoms with E-state index in [0.29, 0.717) is 11.3 Å². The second kappa shape index (κ2) is 6.19. The van der Waals surface area contributed by atoms with Crippen molar-refractivity contribution in [2.24, 2.45) is 5.92 Å². The molecule has 0 amide bonds. The molecule has 1 heterocycles. The summed E-state index contributed by atoms with van der Waals surface area (Å²) >= 11 is 6.23. The van der Waals surface area contributed by atoms with Crippen LogP contribution in [0.2, 0.25) is 5.22 Å². The molecule has 0 saturated heterocycles. The number of rotatable bonds is 4. The quantitative estimate of drug-likeness (QED) is 0.843. The lowest BCUT2D eigenvalue weighted by Gasteiger charge is -2.28. The van der Waals surface area contributed by atoms with E-state index in [2.05, 4.69) is 18.3 Å². The number of furan rings is 1. The molecule has 1 aromatic carbocycles. The lowest BCUT2D eigenvalue weighted by Crippen LogP contribution is -2.34. The van der Waals surface area contributed by atoms with Crippen LogP contribution in [0.4, 0.5) is 0 Å². The van der Waals surface area contributed by atoms with Crippen molar-refractivity contribution in [2.45, 2.75) is 51.6 Å². The molecule has 0 radical (unpaired) electrons. The average Bonchev–Trinajstić information content (AvgIpc) is 2.81. The number of halogens is 1. The number of benzene rings is 1. The lowest BCUT2D eigenvalue weighted by atomic mass is 9.84. The Morgan fingerprint density at radius 1 is 1.25 bits per heavy atom. The molecule has 1 N–H and O–H groups in total. The van der Waals surface area contributed by atoms with E-state index < -0.39 is 0 Å². The van der Waals surface area contributed by atoms with Crippen LogP contribution < -0.4 is 5.32 Å². The minimum absolute atomic E-state index is 0.523. The number of para-hydroxylation sites is 1. The minimum atomic E-state index is 0.523. The first kappa shape index (κ1) is 14.0. The van der Waals surface area contributed by atoms with Crippen LogP contribution in [0.3, 0.4) is 0 Å². The molecule has 1 atom stereocenters. The highest BCUT2D eigenvalue weighted by Crippen LogP contribution is 2.30. The zero-order valence-electron chi connectivity index (χ0n) is 12.0. The molecule has 0 unspecified atom stereocenters. The maximum Gasteiger partial charge on any atom is 0.199 e. The Morgan fingerprint density at radius 2 is 2.00 bits per heavy atom. The summed E-state index contributed by atoms with van der Waals surface area (Å²) in [6, 6.07) is 8.59. The van der Waals surface area contributed by atoms with Crippen molar-refractivity contribution >= 4 is 22.6 Å². The summed E-state index contributed by atoms with van der Waals surface area (Å²) in [4.78, 5) is 0. The number of hydrogen-bond donors (Lipinski definition) is 1. The smallest absolute Gasteiger partial charge is 0.199 e.